The number of carbonyl (C=O) groups is 1. The lowest BCUT2D eigenvalue weighted by molar-refractivity contribution is 0.102. The van der Waals surface area contributed by atoms with Gasteiger partial charge in [0.05, 0.1) is 22.0 Å². The molecule has 0 radical (unpaired) electrons. The molecule has 182 valence electrons. The summed E-state index contributed by atoms with van der Waals surface area (Å²) in [6.45, 7) is 2.43. The highest BCUT2D eigenvalue weighted by molar-refractivity contribution is 6.06. The average molecular weight is 487 g/mol. The number of fused-ring (bicyclic) bond motifs is 2. The molecular weight excluding hydrogens is 463 g/mol. The predicted octanol–water partition coefficient (Wildman–Crippen LogP) is 3.74. The molecule has 0 aliphatic rings. The highest BCUT2D eigenvalue weighted by atomic mass is 19.1. The molecule has 36 heavy (non-hydrogen) atoms. The van der Waals surface area contributed by atoms with Crippen molar-refractivity contribution in [3.05, 3.63) is 98.3 Å². The minimum atomic E-state index is -0.586. The first-order valence-corrected chi connectivity index (χ1v) is 11.6. The number of imidazole rings is 1. The number of benzene rings is 2. The molecule has 1 amide bonds. The van der Waals surface area contributed by atoms with Crippen molar-refractivity contribution in [2.45, 2.75) is 32.7 Å². The number of carbonyl (C=O) groups excluding carboxylic acids is 1. The van der Waals surface area contributed by atoms with E-state index in [1.807, 2.05) is 6.92 Å². The van der Waals surface area contributed by atoms with E-state index in [1.165, 1.54) is 29.0 Å². The summed E-state index contributed by atoms with van der Waals surface area (Å²) in [6.07, 6.45) is 3.50. The van der Waals surface area contributed by atoms with E-state index in [0.717, 1.165) is 29.4 Å². The minimum Gasteiger partial charge on any atom is -0.342 e. The number of anilines is 1. The van der Waals surface area contributed by atoms with Gasteiger partial charge in [-0.1, -0.05) is 25.5 Å². The fourth-order valence-corrected chi connectivity index (χ4v) is 4.04. The van der Waals surface area contributed by atoms with Crippen molar-refractivity contribution in [1.82, 2.24) is 24.5 Å². The van der Waals surface area contributed by atoms with Gasteiger partial charge in [0.2, 0.25) is 0 Å². The molecule has 0 atom stereocenters. The van der Waals surface area contributed by atoms with Crippen LogP contribution in [0.2, 0.25) is 0 Å². The Morgan fingerprint density at radius 1 is 1.08 bits per heavy atom. The maximum atomic E-state index is 13.1. The second-order valence-electron chi connectivity index (χ2n) is 8.53. The summed E-state index contributed by atoms with van der Waals surface area (Å²) >= 11 is 0. The SMILES string of the molecule is CCCCn1c(=O)[nH]c(=O)c2cc(C(=O)Nc3ccc4nc(Cc5ccc(F)cc5)[nH]c4c3)cnc21. The van der Waals surface area contributed by atoms with Crippen molar-refractivity contribution in [2.75, 3.05) is 5.32 Å². The number of pyridine rings is 1. The quantitative estimate of drug-likeness (QED) is 0.323. The molecule has 0 saturated heterocycles. The van der Waals surface area contributed by atoms with Crippen LogP contribution in [0, 0.1) is 5.82 Å². The zero-order valence-corrected chi connectivity index (χ0v) is 19.5. The molecule has 3 aromatic heterocycles. The van der Waals surface area contributed by atoms with Crippen LogP contribution in [0.15, 0.2) is 64.3 Å². The molecule has 5 aromatic rings. The fraction of sp³-hybridized carbons (Fsp3) is 0.192. The maximum Gasteiger partial charge on any atom is 0.329 e. The Morgan fingerprint density at radius 2 is 1.89 bits per heavy atom. The molecule has 0 aliphatic carbocycles. The molecule has 0 fully saturated rings. The van der Waals surface area contributed by atoms with Gasteiger partial charge >= 0.3 is 5.69 Å². The van der Waals surface area contributed by atoms with E-state index in [-0.39, 0.29) is 22.4 Å². The molecule has 5 rings (SSSR count). The smallest absolute Gasteiger partial charge is 0.329 e. The number of hydrogen-bond donors (Lipinski definition) is 3. The number of nitrogens with one attached hydrogen (secondary N) is 3. The van der Waals surface area contributed by atoms with E-state index in [9.17, 15) is 18.8 Å². The first-order valence-electron chi connectivity index (χ1n) is 11.6. The molecule has 0 saturated carbocycles. The van der Waals surface area contributed by atoms with Gasteiger partial charge in [-0.3, -0.25) is 19.1 Å². The van der Waals surface area contributed by atoms with E-state index < -0.39 is 17.2 Å². The zero-order valence-electron chi connectivity index (χ0n) is 19.5. The third-order valence-electron chi connectivity index (χ3n) is 5.90. The molecule has 0 bridgehead atoms. The van der Waals surface area contributed by atoms with Gasteiger partial charge in [-0.05, 0) is 48.4 Å². The predicted molar refractivity (Wildman–Crippen MR) is 135 cm³/mol. The van der Waals surface area contributed by atoms with Crippen molar-refractivity contribution in [2.24, 2.45) is 0 Å². The number of aromatic amines is 2. The van der Waals surface area contributed by atoms with Crippen LogP contribution in [0.4, 0.5) is 10.1 Å². The standard InChI is InChI=1S/C26H23FN6O3/c1-2-3-10-33-23-19(25(35)32-26(33)36)12-16(14-28-23)24(34)29-18-8-9-20-21(13-18)31-22(30-20)11-15-4-6-17(27)7-5-15/h4-9,12-14H,2-3,10-11H2,1H3,(H,29,34)(H,30,31)(H,32,35,36). The number of aryl methyl sites for hydroxylation is 1. The Hall–Kier alpha value is -4.60. The molecule has 10 heteroatoms. The Labute approximate surface area is 204 Å². The number of hydrogen-bond acceptors (Lipinski definition) is 5. The van der Waals surface area contributed by atoms with Crippen molar-refractivity contribution >= 4 is 33.7 Å². The topological polar surface area (TPSA) is 126 Å². The number of unbranched alkanes of at least 4 members (excludes halogenated alkanes) is 1. The number of rotatable bonds is 7. The number of halogens is 1. The summed E-state index contributed by atoms with van der Waals surface area (Å²) in [5.74, 6) is -0.0199. The molecule has 3 heterocycles. The van der Waals surface area contributed by atoms with Crippen LogP contribution < -0.4 is 16.6 Å². The average Bonchev–Trinajstić information content (AvgIpc) is 3.26. The minimum absolute atomic E-state index is 0.174. The Kier molecular flexibility index (Phi) is 6.16. The summed E-state index contributed by atoms with van der Waals surface area (Å²) in [5, 5.41) is 2.98. The van der Waals surface area contributed by atoms with Gasteiger partial charge in [0.1, 0.15) is 17.3 Å². The summed E-state index contributed by atoms with van der Waals surface area (Å²) in [7, 11) is 0. The molecule has 9 nitrogen and oxygen atoms in total. The monoisotopic (exact) mass is 486 g/mol. The number of nitrogens with zero attached hydrogens (tertiary/aromatic N) is 3. The maximum absolute atomic E-state index is 13.1. The zero-order chi connectivity index (χ0) is 25.2. The Bertz CT molecular complexity index is 1700. The van der Waals surface area contributed by atoms with Gasteiger partial charge in [-0.2, -0.15) is 0 Å². The second kappa shape index (κ2) is 9.57. The van der Waals surface area contributed by atoms with E-state index in [0.29, 0.717) is 24.5 Å². The van der Waals surface area contributed by atoms with Gasteiger partial charge in [-0.25, -0.2) is 19.2 Å². The van der Waals surface area contributed by atoms with Crippen LogP contribution in [0.3, 0.4) is 0 Å². The van der Waals surface area contributed by atoms with Crippen molar-refractivity contribution in [3.8, 4) is 0 Å². The molecule has 2 aromatic carbocycles. The highest BCUT2D eigenvalue weighted by Gasteiger charge is 2.14. The Balaban J connectivity index is 1.38. The Morgan fingerprint density at radius 3 is 2.67 bits per heavy atom. The van der Waals surface area contributed by atoms with Crippen molar-refractivity contribution < 1.29 is 9.18 Å². The number of aromatic nitrogens is 5. The lowest BCUT2D eigenvalue weighted by Crippen LogP contribution is -2.31. The van der Waals surface area contributed by atoms with Gasteiger partial charge in [0.25, 0.3) is 11.5 Å². The number of amides is 1. The molecule has 0 unspecified atom stereocenters. The van der Waals surface area contributed by atoms with Crippen LogP contribution in [0.25, 0.3) is 22.1 Å². The molecule has 3 N–H and O–H groups in total. The van der Waals surface area contributed by atoms with Gasteiger partial charge in [0, 0.05) is 24.8 Å². The summed E-state index contributed by atoms with van der Waals surface area (Å²) in [6, 6.07) is 12.9. The third-order valence-corrected chi connectivity index (χ3v) is 5.90. The van der Waals surface area contributed by atoms with Crippen molar-refractivity contribution in [1.29, 1.82) is 0 Å². The third kappa shape index (κ3) is 4.65. The summed E-state index contributed by atoms with van der Waals surface area (Å²) in [4.78, 5) is 51.8. The van der Waals surface area contributed by atoms with E-state index in [1.54, 1.807) is 30.3 Å². The van der Waals surface area contributed by atoms with Gasteiger partial charge in [0.15, 0.2) is 0 Å². The summed E-state index contributed by atoms with van der Waals surface area (Å²) < 4.78 is 14.6. The van der Waals surface area contributed by atoms with Crippen molar-refractivity contribution in [3.63, 3.8) is 0 Å². The van der Waals surface area contributed by atoms with E-state index >= 15 is 0 Å². The molecular formula is C26H23FN6O3. The first kappa shape index (κ1) is 23.2. The summed E-state index contributed by atoms with van der Waals surface area (Å²) in [5.41, 5.74) is 2.26. The largest absolute Gasteiger partial charge is 0.342 e. The van der Waals surface area contributed by atoms with Gasteiger partial charge in [-0.15, -0.1) is 0 Å². The van der Waals surface area contributed by atoms with E-state index in [4.69, 9.17) is 0 Å². The van der Waals surface area contributed by atoms with Gasteiger partial charge < -0.3 is 10.3 Å². The second-order valence-corrected chi connectivity index (χ2v) is 8.53. The highest BCUT2D eigenvalue weighted by Crippen LogP contribution is 2.20. The first-order chi connectivity index (χ1) is 17.4. The van der Waals surface area contributed by atoms with Crippen LogP contribution in [0.1, 0.15) is 41.5 Å². The normalized spacial score (nSPS) is 11.3. The lowest BCUT2D eigenvalue weighted by atomic mass is 10.1. The lowest BCUT2D eigenvalue weighted by Gasteiger charge is -2.09. The van der Waals surface area contributed by atoms with Crippen LogP contribution in [-0.4, -0.2) is 30.4 Å². The van der Waals surface area contributed by atoms with Crippen LogP contribution >= 0.6 is 0 Å². The van der Waals surface area contributed by atoms with Crippen LogP contribution in [-0.2, 0) is 13.0 Å². The molecule has 0 spiro atoms. The molecule has 0 aliphatic heterocycles. The van der Waals surface area contributed by atoms with E-state index in [2.05, 4.69) is 25.3 Å². The number of H-pyrrole nitrogens is 2. The van der Waals surface area contributed by atoms with Crippen LogP contribution in [0.5, 0.6) is 0 Å². The fourth-order valence-electron chi connectivity index (χ4n) is 4.04.